The van der Waals surface area contributed by atoms with Gasteiger partial charge in [-0.25, -0.2) is 4.79 Å². The Balaban J connectivity index is 2.44. The van der Waals surface area contributed by atoms with E-state index < -0.39 is 6.09 Å². The minimum absolute atomic E-state index is 0.107. The maximum atomic E-state index is 11.8. The normalized spacial score (nSPS) is 13.9. The van der Waals surface area contributed by atoms with Crippen molar-refractivity contribution in [1.82, 2.24) is 0 Å². The first kappa shape index (κ1) is 13.0. The predicted molar refractivity (Wildman–Crippen MR) is 69.5 cm³/mol. The molecule has 2 amide bonds. The number of benzene rings is 1. The van der Waals surface area contributed by atoms with Crippen LogP contribution in [-0.2, 0) is 9.53 Å². The van der Waals surface area contributed by atoms with Gasteiger partial charge >= 0.3 is 6.09 Å². The van der Waals surface area contributed by atoms with E-state index in [0.717, 1.165) is 0 Å². The van der Waals surface area contributed by atoms with Gasteiger partial charge in [0, 0.05) is 0 Å². The van der Waals surface area contributed by atoms with E-state index in [4.69, 9.17) is 27.9 Å². The second-order valence-electron chi connectivity index (χ2n) is 3.62. The van der Waals surface area contributed by atoms with E-state index in [1.54, 1.807) is 6.92 Å². The van der Waals surface area contributed by atoms with Gasteiger partial charge < -0.3 is 10.1 Å². The highest BCUT2D eigenvalue weighted by Gasteiger charge is 2.28. The molecule has 1 aliphatic heterocycles. The van der Waals surface area contributed by atoms with E-state index in [0.29, 0.717) is 21.4 Å². The highest BCUT2D eigenvalue weighted by atomic mass is 35.5. The number of fused-ring (bicyclic) bond motifs is 1. The molecule has 2 rings (SSSR count). The summed E-state index contributed by atoms with van der Waals surface area (Å²) in [7, 11) is 0. The van der Waals surface area contributed by atoms with Crippen molar-refractivity contribution in [2.45, 2.75) is 6.92 Å². The second-order valence-corrected chi connectivity index (χ2v) is 4.43. The smallest absolute Gasteiger partial charge is 0.414 e. The lowest BCUT2D eigenvalue weighted by Crippen LogP contribution is -2.42. The van der Waals surface area contributed by atoms with Crippen LogP contribution in [0.1, 0.15) is 6.92 Å². The Hall–Kier alpha value is -1.46. The summed E-state index contributed by atoms with van der Waals surface area (Å²) in [6.07, 6.45) is -0.591. The summed E-state index contributed by atoms with van der Waals surface area (Å²) >= 11 is 11.8. The van der Waals surface area contributed by atoms with Crippen LogP contribution in [0.25, 0.3) is 0 Å². The number of carbonyl (C=O) groups excluding carboxylic acids is 2. The molecule has 0 unspecified atom stereocenters. The summed E-state index contributed by atoms with van der Waals surface area (Å²) < 4.78 is 4.89. The molecule has 1 aliphatic rings. The van der Waals surface area contributed by atoms with E-state index in [2.05, 4.69) is 5.32 Å². The van der Waals surface area contributed by atoms with Crippen LogP contribution in [0, 0.1) is 0 Å². The number of halogens is 2. The molecule has 0 fully saturated rings. The summed E-state index contributed by atoms with van der Waals surface area (Å²) in [5.41, 5.74) is 0.913. The van der Waals surface area contributed by atoms with Crippen LogP contribution in [0.3, 0.4) is 0 Å². The van der Waals surface area contributed by atoms with Gasteiger partial charge in [-0.05, 0) is 19.1 Å². The lowest BCUT2D eigenvalue weighted by Gasteiger charge is -2.28. The average molecular weight is 289 g/mol. The first-order chi connectivity index (χ1) is 8.52. The van der Waals surface area contributed by atoms with Crippen LogP contribution >= 0.6 is 23.2 Å². The number of rotatable bonds is 1. The molecule has 0 bridgehead atoms. The maximum Gasteiger partial charge on any atom is 0.414 e. The number of hydrogen-bond acceptors (Lipinski definition) is 3. The summed E-state index contributed by atoms with van der Waals surface area (Å²) in [5.74, 6) is -0.311. The number of amides is 2. The first-order valence-electron chi connectivity index (χ1n) is 5.26. The second kappa shape index (κ2) is 5.04. The monoisotopic (exact) mass is 288 g/mol. The van der Waals surface area contributed by atoms with E-state index in [1.165, 1.54) is 17.0 Å². The SMILES string of the molecule is CCOC(=O)N1CC(=O)Nc2cc(Cl)c(Cl)cc21. The fraction of sp³-hybridized carbons (Fsp3) is 0.273. The lowest BCUT2D eigenvalue weighted by molar-refractivity contribution is -0.115. The Morgan fingerprint density at radius 3 is 2.78 bits per heavy atom. The highest BCUT2D eigenvalue weighted by molar-refractivity contribution is 6.42. The average Bonchev–Trinajstić information content (AvgIpc) is 2.30. The third-order valence-corrected chi connectivity index (χ3v) is 3.12. The molecular formula is C11H10Cl2N2O3. The van der Waals surface area contributed by atoms with Crippen molar-refractivity contribution in [3.63, 3.8) is 0 Å². The quantitative estimate of drug-likeness (QED) is 0.864. The summed E-state index contributed by atoms with van der Waals surface area (Å²) in [6.45, 7) is 1.81. The van der Waals surface area contributed by atoms with Gasteiger partial charge in [-0.15, -0.1) is 0 Å². The Labute approximate surface area is 114 Å². The van der Waals surface area contributed by atoms with Gasteiger partial charge in [0.05, 0.1) is 28.0 Å². The van der Waals surface area contributed by atoms with Crippen LogP contribution < -0.4 is 10.2 Å². The zero-order valence-electron chi connectivity index (χ0n) is 9.50. The van der Waals surface area contributed by atoms with Crippen LogP contribution in [0.15, 0.2) is 12.1 Å². The van der Waals surface area contributed by atoms with Gasteiger partial charge in [0.25, 0.3) is 0 Å². The van der Waals surface area contributed by atoms with Crippen molar-refractivity contribution in [1.29, 1.82) is 0 Å². The van der Waals surface area contributed by atoms with Crippen molar-refractivity contribution in [3.8, 4) is 0 Å². The number of nitrogens with one attached hydrogen (secondary N) is 1. The highest BCUT2D eigenvalue weighted by Crippen LogP contribution is 2.37. The molecule has 96 valence electrons. The van der Waals surface area contributed by atoms with E-state index in [9.17, 15) is 9.59 Å². The molecule has 18 heavy (non-hydrogen) atoms. The van der Waals surface area contributed by atoms with Crippen molar-refractivity contribution in [3.05, 3.63) is 22.2 Å². The van der Waals surface area contributed by atoms with Gasteiger partial charge in [-0.3, -0.25) is 9.69 Å². The molecule has 0 atom stereocenters. The van der Waals surface area contributed by atoms with Gasteiger partial charge in [0.15, 0.2) is 0 Å². The van der Waals surface area contributed by atoms with Crippen molar-refractivity contribution < 1.29 is 14.3 Å². The van der Waals surface area contributed by atoms with E-state index in [-0.39, 0.29) is 19.1 Å². The number of carbonyl (C=O) groups is 2. The van der Waals surface area contributed by atoms with Crippen molar-refractivity contribution >= 4 is 46.6 Å². The number of ether oxygens (including phenoxy) is 1. The third kappa shape index (κ3) is 2.37. The summed E-state index contributed by atoms with van der Waals surface area (Å²) in [6, 6.07) is 3.03. The summed E-state index contributed by atoms with van der Waals surface area (Å²) in [4.78, 5) is 24.5. The Morgan fingerprint density at radius 2 is 2.11 bits per heavy atom. The van der Waals surface area contributed by atoms with Gasteiger partial charge in [-0.2, -0.15) is 0 Å². The maximum absolute atomic E-state index is 11.8. The third-order valence-electron chi connectivity index (χ3n) is 2.39. The topological polar surface area (TPSA) is 58.6 Å². The molecule has 0 radical (unpaired) electrons. The molecule has 0 aliphatic carbocycles. The number of anilines is 2. The molecule has 1 aromatic carbocycles. The largest absolute Gasteiger partial charge is 0.449 e. The molecule has 1 N–H and O–H groups in total. The molecule has 0 spiro atoms. The molecule has 5 nitrogen and oxygen atoms in total. The zero-order chi connectivity index (χ0) is 13.3. The molecule has 0 saturated carbocycles. The molecule has 0 aromatic heterocycles. The minimum Gasteiger partial charge on any atom is -0.449 e. The molecule has 1 aromatic rings. The van der Waals surface area contributed by atoms with E-state index >= 15 is 0 Å². The Morgan fingerprint density at radius 1 is 1.44 bits per heavy atom. The number of hydrogen-bond donors (Lipinski definition) is 1. The van der Waals surface area contributed by atoms with E-state index in [1.807, 2.05) is 0 Å². The molecular weight excluding hydrogens is 279 g/mol. The van der Waals surface area contributed by atoms with Crippen molar-refractivity contribution in [2.24, 2.45) is 0 Å². The Bertz CT molecular complexity index is 519. The first-order valence-corrected chi connectivity index (χ1v) is 6.01. The Kier molecular flexibility index (Phi) is 3.63. The van der Waals surface area contributed by atoms with Crippen LogP contribution in [0.4, 0.5) is 16.2 Å². The minimum atomic E-state index is -0.591. The molecule has 0 saturated heterocycles. The predicted octanol–water partition coefficient (Wildman–Crippen LogP) is 2.91. The zero-order valence-corrected chi connectivity index (χ0v) is 11.0. The molecule has 7 heteroatoms. The van der Waals surface area contributed by atoms with Gasteiger partial charge in [0.1, 0.15) is 6.54 Å². The lowest BCUT2D eigenvalue weighted by atomic mass is 10.2. The molecule has 1 heterocycles. The fourth-order valence-electron chi connectivity index (χ4n) is 1.64. The van der Waals surface area contributed by atoms with Crippen molar-refractivity contribution in [2.75, 3.05) is 23.4 Å². The number of nitrogens with zero attached hydrogens (tertiary/aromatic N) is 1. The van der Waals surface area contributed by atoms with Crippen LogP contribution in [0.5, 0.6) is 0 Å². The van der Waals surface area contributed by atoms with Crippen LogP contribution in [-0.4, -0.2) is 25.2 Å². The van der Waals surface area contributed by atoms with Gasteiger partial charge in [0.2, 0.25) is 5.91 Å². The van der Waals surface area contributed by atoms with Gasteiger partial charge in [-0.1, -0.05) is 23.2 Å². The fourth-order valence-corrected chi connectivity index (χ4v) is 1.96. The van der Waals surface area contributed by atoms with Crippen LogP contribution in [0.2, 0.25) is 10.0 Å². The summed E-state index contributed by atoms with van der Waals surface area (Å²) in [5, 5.41) is 3.24. The standard InChI is InChI=1S/C11H10Cl2N2O3/c1-2-18-11(17)15-5-10(16)14-8-3-6(12)7(13)4-9(8)15/h3-4H,2,5H2,1H3,(H,14,16).